The van der Waals surface area contributed by atoms with Crippen molar-refractivity contribution in [1.29, 1.82) is 0 Å². The highest BCUT2D eigenvalue weighted by molar-refractivity contribution is 6.17. The zero-order valence-corrected chi connectivity index (χ0v) is 12.8. The average Bonchev–Trinajstić information content (AvgIpc) is 2.57. The minimum atomic E-state index is 0.472. The van der Waals surface area contributed by atoms with Crippen LogP contribution in [-0.4, -0.2) is 23.1 Å². The average molecular weight is 302 g/mol. The summed E-state index contributed by atoms with van der Waals surface area (Å²) in [6, 6.07) is 10.8. The number of aromatic nitrogens is 2. The van der Waals surface area contributed by atoms with Crippen LogP contribution in [-0.2, 0) is 12.3 Å². The molecule has 1 saturated heterocycles. The standard InChI is InChI=1S/C17H20ClN3/c18-11-16-12-19-17(20-13-16)21-8-6-15(7-9-21)10-14-4-2-1-3-5-14/h1-5,12-13,15H,6-11H2. The van der Waals surface area contributed by atoms with Gasteiger partial charge in [0.2, 0.25) is 5.95 Å². The van der Waals surface area contributed by atoms with Gasteiger partial charge < -0.3 is 4.90 Å². The number of rotatable bonds is 4. The molecule has 0 aliphatic carbocycles. The van der Waals surface area contributed by atoms with Crippen LogP contribution in [0.3, 0.4) is 0 Å². The molecule has 110 valence electrons. The summed E-state index contributed by atoms with van der Waals surface area (Å²) < 4.78 is 0. The van der Waals surface area contributed by atoms with E-state index in [-0.39, 0.29) is 0 Å². The first kappa shape index (κ1) is 14.3. The van der Waals surface area contributed by atoms with E-state index >= 15 is 0 Å². The van der Waals surface area contributed by atoms with Crippen molar-refractivity contribution in [3.05, 3.63) is 53.9 Å². The third-order valence-electron chi connectivity index (χ3n) is 4.11. The van der Waals surface area contributed by atoms with E-state index in [1.165, 1.54) is 24.8 Å². The lowest BCUT2D eigenvalue weighted by molar-refractivity contribution is 0.400. The molecule has 1 aliphatic heterocycles. The molecule has 0 radical (unpaired) electrons. The Kier molecular flexibility index (Phi) is 4.71. The van der Waals surface area contributed by atoms with Crippen LogP contribution in [0.2, 0.25) is 0 Å². The second kappa shape index (κ2) is 6.90. The maximum absolute atomic E-state index is 5.77. The number of benzene rings is 1. The number of hydrogen-bond donors (Lipinski definition) is 0. The van der Waals surface area contributed by atoms with Crippen LogP contribution >= 0.6 is 11.6 Å². The maximum atomic E-state index is 5.77. The first-order chi connectivity index (χ1) is 10.3. The quantitative estimate of drug-likeness (QED) is 0.807. The Hall–Kier alpha value is -1.61. The molecule has 1 aromatic heterocycles. The lowest BCUT2D eigenvalue weighted by Crippen LogP contribution is -2.35. The molecule has 0 spiro atoms. The van der Waals surface area contributed by atoms with Gasteiger partial charge in [0.05, 0.1) is 5.88 Å². The van der Waals surface area contributed by atoms with Gasteiger partial charge in [0.1, 0.15) is 0 Å². The van der Waals surface area contributed by atoms with Gasteiger partial charge in [-0.25, -0.2) is 9.97 Å². The lowest BCUT2D eigenvalue weighted by Gasteiger charge is -2.32. The highest BCUT2D eigenvalue weighted by Gasteiger charge is 2.21. The van der Waals surface area contributed by atoms with Crippen LogP contribution in [0.15, 0.2) is 42.7 Å². The smallest absolute Gasteiger partial charge is 0.225 e. The van der Waals surface area contributed by atoms with Crippen molar-refractivity contribution in [2.24, 2.45) is 5.92 Å². The van der Waals surface area contributed by atoms with Crippen molar-refractivity contribution in [1.82, 2.24) is 9.97 Å². The van der Waals surface area contributed by atoms with Crippen molar-refractivity contribution >= 4 is 17.5 Å². The molecule has 1 aliphatic rings. The second-order valence-electron chi connectivity index (χ2n) is 5.65. The molecule has 4 heteroatoms. The van der Waals surface area contributed by atoms with Gasteiger partial charge in [0.15, 0.2) is 0 Å². The molecule has 2 aromatic rings. The number of halogens is 1. The predicted octanol–water partition coefficient (Wildman–Crippen LogP) is 3.67. The molecule has 0 bridgehead atoms. The second-order valence-corrected chi connectivity index (χ2v) is 5.91. The van der Waals surface area contributed by atoms with E-state index in [2.05, 4.69) is 45.2 Å². The summed E-state index contributed by atoms with van der Waals surface area (Å²) in [5.74, 6) is 2.08. The molecule has 0 saturated carbocycles. The minimum Gasteiger partial charge on any atom is -0.341 e. The van der Waals surface area contributed by atoms with Gasteiger partial charge in [-0.3, -0.25) is 0 Å². The summed E-state index contributed by atoms with van der Waals surface area (Å²) in [6.45, 7) is 2.08. The van der Waals surface area contributed by atoms with Gasteiger partial charge in [-0.15, -0.1) is 11.6 Å². The van der Waals surface area contributed by atoms with Gasteiger partial charge >= 0.3 is 0 Å². The Labute approximate surface area is 131 Å². The van der Waals surface area contributed by atoms with Crippen molar-refractivity contribution in [3.8, 4) is 0 Å². The number of piperidine rings is 1. The fourth-order valence-corrected chi connectivity index (χ4v) is 3.00. The van der Waals surface area contributed by atoms with Gasteiger partial charge in [-0.2, -0.15) is 0 Å². The van der Waals surface area contributed by atoms with Gasteiger partial charge in [-0.05, 0) is 30.7 Å². The number of alkyl halides is 1. The number of nitrogens with zero attached hydrogens (tertiary/aromatic N) is 3. The number of hydrogen-bond acceptors (Lipinski definition) is 3. The molecule has 1 fully saturated rings. The molecule has 2 heterocycles. The van der Waals surface area contributed by atoms with E-state index in [1.807, 2.05) is 12.4 Å². The van der Waals surface area contributed by atoms with E-state index in [4.69, 9.17) is 11.6 Å². The third-order valence-corrected chi connectivity index (χ3v) is 4.42. The number of anilines is 1. The molecular formula is C17H20ClN3. The minimum absolute atomic E-state index is 0.472. The Balaban J connectivity index is 1.54. The van der Waals surface area contributed by atoms with E-state index in [0.29, 0.717) is 5.88 Å². The summed E-state index contributed by atoms with van der Waals surface area (Å²) in [7, 11) is 0. The van der Waals surface area contributed by atoms with Crippen molar-refractivity contribution < 1.29 is 0 Å². The van der Waals surface area contributed by atoms with Crippen molar-refractivity contribution in [2.45, 2.75) is 25.1 Å². The summed E-state index contributed by atoms with van der Waals surface area (Å²) in [5.41, 5.74) is 2.41. The summed E-state index contributed by atoms with van der Waals surface area (Å²) in [5, 5.41) is 0. The summed E-state index contributed by atoms with van der Waals surface area (Å²) >= 11 is 5.77. The van der Waals surface area contributed by atoms with Crippen molar-refractivity contribution in [3.63, 3.8) is 0 Å². The van der Waals surface area contributed by atoms with E-state index in [0.717, 1.165) is 30.5 Å². The third kappa shape index (κ3) is 3.73. The van der Waals surface area contributed by atoms with Crippen LogP contribution in [0, 0.1) is 5.92 Å². The maximum Gasteiger partial charge on any atom is 0.225 e. The zero-order chi connectivity index (χ0) is 14.5. The zero-order valence-electron chi connectivity index (χ0n) is 12.1. The molecule has 3 rings (SSSR count). The SMILES string of the molecule is ClCc1cnc(N2CCC(Cc3ccccc3)CC2)nc1. The van der Waals surface area contributed by atoms with Gasteiger partial charge in [0.25, 0.3) is 0 Å². The van der Waals surface area contributed by atoms with Gasteiger partial charge in [0, 0.05) is 31.0 Å². The fourth-order valence-electron chi connectivity index (χ4n) is 2.86. The van der Waals surface area contributed by atoms with Crippen LogP contribution in [0.1, 0.15) is 24.0 Å². The molecular weight excluding hydrogens is 282 g/mol. The largest absolute Gasteiger partial charge is 0.341 e. The molecule has 0 amide bonds. The fraction of sp³-hybridized carbons (Fsp3) is 0.412. The van der Waals surface area contributed by atoms with Gasteiger partial charge in [-0.1, -0.05) is 30.3 Å². The first-order valence-electron chi connectivity index (χ1n) is 7.51. The van der Waals surface area contributed by atoms with Crippen LogP contribution in [0.25, 0.3) is 0 Å². The Morgan fingerprint density at radius 3 is 2.29 bits per heavy atom. The summed E-state index contributed by atoms with van der Waals surface area (Å²) in [6.07, 6.45) is 7.24. The molecule has 0 unspecified atom stereocenters. The van der Waals surface area contributed by atoms with Crippen LogP contribution in [0.4, 0.5) is 5.95 Å². The first-order valence-corrected chi connectivity index (χ1v) is 8.04. The van der Waals surface area contributed by atoms with Crippen molar-refractivity contribution in [2.75, 3.05) is 18.0 Å². The normalized spacial score (nSPS) is 16.1. The van der Waals surface area contributed by atoms with E-state index in [1.54, 1.807) is 0 Å². The predicted molar refractivity (Wildman–Crippen MR) is 86.7 cm³/mol. The van der Waals surface area contributed by atoms with Crippen LogP contribution < -0.4 is 4.90 Å². The Morgan fingerprint density at radius 2 is 1.67 bits per heavy atom. The topological polar surface area (TPSA) is 29.0 Å². The molecule has 0 N–H and O–H groups in total. The molecule has 1 aromatic carbocycles. The van der Waals surface area contributed by atoms with E-state index in [9.17, 15) is 0 Å². The Morgan fingerprint density at radius 1 is 1.00 bits per heavy atom. The molecule has 21 heavy (non-hydrogen) atoms. The highest BCUT2D eigenvalue weighted by Crippen LogP contribution is 2.23. The summed E-state index contributed by atoms with van der Waals surface area (Å²) in [4.78, 5) is 11.1. The molecule has 3 nitrogen and oxygen atoms in total. The van der Waals surface area contributed by atoms with E-state index < -0.39 is 0 Å². The Bertz CT molecular complexity index is 548. The monoisotopic (exact) mass is 301 g/mol. The highest BCUT2D eigenvalue weighted by atomic mass is 35.5. The lowest BCUT2D eigenvalue weighted by atomic mass is 9.90. The molecule has 0 atom stereocenters. The van der Waals surface area contributed by atoms with Crippen LogP contribution in [0.5, 0.6) is 0 Å².